The molecule has 1 aromatic heterocycles. The Morgan fingerprint density at radius 3 is 2.38 bits per heavy atom. The van der Waals surface area contributed by atoms with Gasteiger partial charge in [0, 0.05) is 32.1 Å². The van der Waals surface area contributed by atoms with Crippen LogP contribution in [0.15, 0.2) is 41.3 Å². The summed E-state index contributed by atoms with van der Waals surface area (Å²) in [5, 5.41) is 3.26. The van der Waals surface area contributed by atoms with Crippen LogP contribution >= 0.6 is 0 Å². The molecule has 0 amide bonds. The number of rotatable bonds is 7. The molecule has 2 heterocycles. The minimum absolute atomic E-state index is 0.0315. The molecule has 1 aliphatic heterocycles. The molecule has 3 rings (SSSR count). The number of benzene rings is 1. The first-order valence-corrected chi connectivity index (χ1v) is 10.7. The average Bonchev–Trinajstić information content (AvgIpc) is 2.74. The maximum absolute atomic E-state index is 12.8. The topological polar surface area (TPSA) is 83.6 Å². The third-order valence-corrected chi connectivity index (χ3v) is 6.20. The average molecular weight is 426 g/mol. The van der Waals surface area contributed by atoms with Gasteiger partial charge in [0.2, 0.25) is 12.3 Å². The van der Waals surface area contributed by atoms with Gasteiger partial charge in [0.15, 0.2) is 0 Å². The molecule has 2 aromatic rings. The van der Waals surface area contributed by atoms with Gasteiger partial charge in [0.25, 0.3) is 10.0 Å². The summed E-state index contributed by atoms with van der Waals surface area (Å²) in [6.45, 7) is 4.68. The monoisotopic (exact) mass is 426 g/mol. The zero-order valence-electron chi connectivity index (χ0n) is 16.2. The highest BCUT2D eigenvalue weighted by Gasteiger charge is 2.21. The lowest BCUT2D eigenvalue weighted by Crippen LogP contribution is -2.43. The van der Waals surface area contributed by atoms with E-state index >= 15 is 0 Å². The van der Waals surface area contributed by atoms with Crippen molar-refractivity contribution in [1.29, 1.82) is 0 Å². The summed E-state index contributed by atoms with van der Waals surface area (Å²) in [4.78, 5) is 6.47. The van der Waals surface area contributed by atoms with Crippen LogP contribution in [-0.4, -0.2) is 53.1 Å². The highest BCUT2D eigenvalue weighted by molar-refractivity contribution is 7.92. The molecule has 158 valence electrons. The fourth-order valence-electron chi connectivity index (χ4n) is 3.03. The molecule has 0 spiro atoms. The van der Waals surface area contributed by atoms with Crippen molar-refractivity contribution in [2.75, 3.05) is 42.9 Å². The van der Waals surface area contributed by atoms with E-state index in [4.69, 9.17) is 4.74 Å². The molecule has 7 nitrogen and oxygen atoms in total. The second-order valence-electron chi connectivity index (χ2n) is 6.76. The number of nitrogens with zero attached hydrogens (tertiary/aromatic N) is 2. The van der Waals surface area contributed by atoms with Gasteiger partial charge < -0.3 is 15.0 Å². The number of pyridine rings is 1. The van der Waals surface area contributed by atoms with Crippen molar-refractivity contribution < 1.29 is 21.9 Å². The molecule has 0 unspecified atom stereocenters. The van der Waals surface area contributed by atoms with E-state index in [0.29, 0.717) is 11.4 Å². The normalized spacial score (nSPS) is 16.0. The first-order valence-electron chi connectivity index (χ1n) is 9.23. The highest BCUT2D eigenvalue weighted by atomic mass is 32.2. The van der Waals surface area contributed by atoms with Crippen molar-refractivity contribution in [2.24, 2.45) is 0 Å². The highest BCUT2D eigenvalue weighted by Crippen LogP contribution is 2.29. The van der Waals surface area contributed by atoms with E-state index in [1.807, 2.05) is 0 Å². The summed E-state index contributed by atoms with van der Waals surface area (Å²) < 4.78 is 58.8. The van der Waals surface area contributed by atoms with Gasteiger partial charge in [-0.3, -0.25) is 4.72 Å². The number of ether oxygens (including phenoxy) is 1. The maximum Gasteiger partial charge on any atom is 0.262 e. The zero-order valence-corrected chi connectivity index (χ0v) is 17.0. The number of anilines is 2. The van der Waals surface area contributed by atoms with Gasteiger partial charge >= 0.3 is 0 Å². The molecule has 1 aromatic carbocycles. The van der Waals surface area contributed by atoms with Crippen LogP contribution in [0.2, 0.25) is 0 Å². The molecule has 1 fully saturated rings. The van der Waals surface area contributed by atoms with E-state index in [9.17, 15) is 17.2 Å². The van der Waals surface area contributed by atoms with Crippen molar-refractivity contribution in [3.05, 3.63) is 42.0 Å². The Kier molecular flexibility index (Phi) is 6.53. The lowest BCUT2D eigenvalue weighted by atomic mass is 10.0. The van der Waals surface area contributed by atoms with Crippen LogP contribution in [-0.2, 0) is 10.0 Å². The third-order valence-electron chi connectivity index (χ3n) is 4.82. The van der Waals surface area contributed by atoms with E-state index in [2.05, 4.69) is 19.9 Å². The quantitative estimate of drug-likeness (QED) is 0.708. The fraction of sp³-hybridized carbons (Fsp3) is 0.421. The van der Waals surface area contributed by atoms with Gasteiger partial charge in [-0.25, -0.2) is 17.2 Å². The first-order chi connectivity index (χ1) is 13.8. The van der Waals surface area contributed by atoms with Crippen LogP contribution in [0.5, 0.6) is 5.88 Å². The standard InChI is InChI=1S/C19H24F2N4O3S/c1-13(18(20)21)14-3-5-15(6-4-14)29(26,27)24-16-7-8-17(23-19(16)28-2)25-11-9-22-10-12-25/h3-8,13,18,22,24H,9-12H2,1-2H3/t13-/m1/s1. The molecule has 10 heteroatoms. The van der Waals surface area contributed by atoms with Gasteiger partial charge in [-0.2, -0.15) is 4.98 Å². The number of hydrogen-bond donors (Lipinski definition) is 2. The Bertz CT molecular complexity index is 933. The van der Waals surface area contributed by atoms with Gasteiger partial charge in [0.1, 0.15) is 11.5 Å². The van der Waals surface area contributed by atoms with E-state index in [-0.39, 0.29) is 16.5 Å². The van der Waals surface area contributed by atoms with Crippen molar-refractivity contribution in [3.63, 3.8) is 0 Å². The Morgan fingerprint density at radius 2 is 1.79 bits per heavy atom. The van der Waals surface area contributed by atoms with Crippen LogP contribution in [0.25, 0.3) is 0 Å². The Morgan fingerprint density at radius 1 is 1.14 bits per heavy atom. The second kappa shape index (κ2) is 8.91. The number of methoxy groups -OCH3 is 1. The molecule has 1 atom stereocenters. The number of alkyl halides is 2. The maximum atomic E-state index is 12.8. The predicted octanol–water partition coefficient (Wildman–Crippen LogP) is 2.67. The van der Waals surface area contributed by atoms with Crippen molar-refractivity contribution in [2.45, 2.75) is 24.2 Å². The van der Waals surface area contributed by atoms with Crippen LogP contribution in [0.1, 0.15) is 18.4 Å². The minimum atomic E-state index is -3.93. The lowest BCUT2D eigenvalue weighted by molar-refractivity contribution is 0.121. The van der Waals surface area contributed by atoms with Crippen LogP contribution in [0, 0.1) is 0 Å². The van der Waals surface area contributed by atoms with Crippen molar-refractivity contribution >= 4 is 21.5 Å². The number of halogens is 2. The van der Waals surface area contributed by atoms with E-state index in [1.54, 1.807) is 12.1 Å². The predicted molar refractivity (Wildman–Crippen MR) is 108 cm³/mol. The summed E-state index contributed by atoms with van der Waals surface area (Å²) >= 11 is 0. The van der Waals surface area contributed by atoms with Crippen LogP contribution < -0.4 is 19.7 Å². The number of sulfonamides is 1. The molecular formula is C19H24F2N4O3S. The van der Waals surface area contributed by atoms with E-state index < -0.39 is 22.4 Å². The van der Waals surface area contributed by atoms with E-state index in [1.165, 1.54) is 38.3 Å². The van der Waals surface area contributed by atoms with Crippen molar-refractivity contribution in [1.82, 2.24) is 10.3 Å². The molecule has 0 saturated carbocycles. The van der Waals surface area contributed by atoms with E-state index in [0.717, 1.165) is 26.2 Å². The third kappa shape index (κ3) is 4.94. The van der Waals surface area contributed by atoms with Crippen molar-refractivity contribution in [3.8, 4) is 5.88 Å². The minimum Gasteiger partial charge on any atom is -0.479 e. The fourth-order valence-corrected chi connectivity index (χ4v) is 4.09. The van der Waals surface area contributed by atoms with Gasteiger partial charge in [-0.05, 0) is 29.8 Å². The van der Waals surface area contributed by atoms with Gasteiger partial charge in [-0.15, -0.1) is 0 Å². The van der Waals surface area contributed by atoms with Crippen LogP contribution in [0.3, 0.4) is 0 Å². The largest absolute Gasteiger partial charge is 0.479 e. The molecule has 1 aliphatic rings. The first kappa shape index (κ1) is 21.3. The summed E-state index contributed by atoms with van der Waals surface area (Å²) in [6, 6.07) is 8.76. The van der Waals surface area contributed by atoms with Gasteiger partial charge in [-0.1, -0.05) is 19.1 Å². The van der Waals surface area contributed by atoms with Crippen LogP contribution in [0.4, 0.5) is 20.3 Å². The molecule has 29 heavy (non-hydrogen) atoms. The molecule has 2 N–H and O–H groups in total. The number of piperazine rings is 1. The molecule has 0 aliphatic carbocycles. The Labute approximate surface area is 169 Å². The summed E-state index contributed by atoms with van der Waals surface area (Å²) in [7, 11) is -2.51. The second-order valence-corrected chi connectivity index (χ2v) is 8.44. The van der Waals surface area contributed by atoms with Gasteiger partial charge in [0.05, 0.1) is 12.0 Å². The Hall–Kier alpha value is -2.46. The lowest BCUT2D eigenvalue weighted by Gasteiger charge is -2.28. The number of hydrogen-bond acceptors (Lipinski definition) is 6. The SMILES string of the molecule is COc1nc(N2CCNCC2)ccc1NS(=O)(=O)c1ccc([C@@H](C)C(F)F)cc1. The summed E-state index contributed by atoms with van der Waals surface area (Å²) in [5.74, 6) is -0.106. The number of aromatic nitrogens is 1. The molecule has 0 radical (unpaired) electrons. The molecular weight excluding hydrogens is 402 g/mol. The number of nitrogens with one attached hydrogen (secondary N) is 2. The summed E-state index contributed by atoms with van der Waals surface area (Å²) in [5.41, 5.74) is 0.579. The zero-order chi connectivity index (χ0) is 21.0. The Balaban J connectivity index is 1.80. The summed E-state index contributed by atoms with van der Waals surface area (Å²) in [6.07, 6.45) is -2.51. The molecule has 0 bridgehead atoms. The smallest absolute Gasteiger partial charge is 0.262 e. The molecule has 1 saturated heterocycles.